The van der Waals surface area contributed by atoms with Gasteiger partial charge in [-0.15, -0.1) is 0 Å². The second-order valence-corrected chi connectivity index (χ2v) is 11.6. The van der Waals surface area contributed by atoms with Crippen LogP contribution in [0.2, 0.25) is 0 Å². The van der Waals surface area contributed by atoms with Gasteiger partial charge in [-0.2, -0.15) is 13.2 Å². The van der Waals surface area contributed by atoms with Crippen LogP contribution in [0.5, 0.6) is 5.75 Å². The molecule has 0 radical (unpaired) electrons. The Labute approximate surface area is 257 Å². The van der Waals surface area contributed by atoms with Gasteiger partial charge in [-0.1, -0.05) is 38.5 Å². The molecule has 0 fully saturated rings. The number of alkyl halides is 3. The first kappa shape index (κ1) is 35.3. The second kappa shape index (κ2) is 17.3. The maximum atomic E-state index is 14.7. The summed E-state index contributed by atoms with van der Waals surface area (Å²) in [6, 6.07) is 8.39. The lowest BCUT2D eigenvalue weighted by molar-refractivity contribution is -0.137. The summed E-state index contributed by atoms with van der Waals surface area (Å²) in [5, 5.41) is 16.9. The van der Waals surface area contributed by atoms with Crippen LogP contribution in [0, 0.1) is 11.7 Å². The van der Waals surface area contributed by atoms with E-state index in [0.29, 0.717) is 43.0 Å². The molecule has 2 amide bonds. The fraction of sp³-hybridized carbons (Fsp3) is 0.576. The molecule has 0 aliphatic carbocycles. The summed E-state index contributed by atoms with van der Waals surface area (Å²) in [4.78, 5) is 27.7. The van der Waals surface area contributed by atoms with Crippen LogP contribution in [-0.2, 0) is 28.7 Å². The first-order valence-corrected chi connectivity index (χ1v) is 15.5. The molecule has 1 aliphatic rings. The highest BCUT2D eigenvalue weighted by Gasteiger charge is 2.30. The molecule has 244 valence electrons. The van der Waals surface area contributed by atoms with Gasteiger partial charge < -0.3 is 25.4 Å². The fourth-order valence-corrected chi connectivity index (χ4v) is 5.46. The summed E-state index contributed by atoms with van der Waals surface area (Å²) in [6.07, 6.45) is -1.47. The van der Waals surface area contributed by atoms with E-state index in [1.807, 2.05) is 11.8 Å². The highest BCUT2D eigenvalue weighted by Crippen LogP contribution is 2.29. The van der Waals surface area contributed by atoms with E-state index in [2.05, 4.69) is 17.6 Å². The molecule has 2 bridgehead atoms. The molecule has 2 aromatic carbocycles. The number of nitrogens with one attached hydrogen (secondary N) is 2. The van der Waals surface area contributed by atoms with Crippen molar-refractivity contribution in [1.29, 1.82) is 0 Å². The van der Waals surface area contributed by atoms with Crippen molar-refractivity contribution in [2.45, 2.75) is 90.1 Å². The summed E-state index contributed by atoms with van der Waals surface area (Å²) in [6.45, 7) is 5.70. The summed E-state index contributed by atoms with van der Waals surface area (Å²) >= 11 is 0. The average Bonchev–Trinajstić information content (AvgIpc) is 2.96. The fourth-order valence-electron chi connectivity index (χ4n) is 5.46. The monoisotopic (exact) mass is 623 g/mol. The molecular weight excluding hydrogens is 578 g/mol. The Morgan fingerprint density at radius 1 is 1.11 bits per heavy atom. The molecule has 3 atom stereocenters. The number of rotatable bonds is 9. The largest absolute Gasteiger partial charge is 0.493 e. The van der Waals surface area contributed by atoms with Crippen molar-refractivity contribution in [3.63, 3.8) is 0 Å². The van der Waals surface area contributed by atoms with Gasteiger partial charge in [-0.25, -0.2) is 4.39 Å². The van der Waals surface area contributed by atoms with E-state index in [0.717, 1.165) is 37.8 Å². The summed E-state index contributed by atoms with van der Waals surface area (Å²) in [5.74, 6) is -0.361. The van der Waals surface area contributed by atoms with Crippen LogP contribution in [-0.4, -0.2) is 60.2 Å². The molecule has 0 spiro atoms. The number of carbonyl (C=O) groups excluding carboxylic acids is 2. The number of carbonyl (C=O) groups is 2. The van der Waals surface area contributed by atoms with Crippen molar-refractivity contribution < 1.29 is 37.0 Å². The van der Waals surface area contributed by atoms with E-state index in [1.165, 1.54) is 18.2 Å². The molecule has 3 rings (SSSR count). The Morgan fingerprint density at radius 2 is 1.91 bits per heavy atom. The molecule has 3 N–H and O–H groups in total. The van der Waals surface area contributed by atoms with Gasteiger partial charge in [0, 0.05) is 45.1 Å². The molecule has 44 heavy (non-hydrogen) atoms. The Hall–Kier alpha value is -3.18. The number of aliphatic hydroxyl groups excluding tert-OH is 1. The summed E-state index contributed by atoms with van der Waals surface area (Å²) in [7, 11) is 0. The topological polar surface area (TPSA) is 90.9 Å². The SMILES string of the molecule is CCCC1CCN(CCC)C(=O)CCCC(=O)N[C@H]([C@H](O)CNCc2cccc(C(F)(F)F)c2)Cc2cc(F)cc(c2)OC1. The van der Waals surface area contributed by atoms with Gasteiger partial charge in [-0.05, 0) is 67.3 Å². The molecule has 2 aromatic rings. The summed E-state index contributed by atoms with van der Waals surface area (Å²) in [5.41, 5.74) is 0.141. The molecule has 1 aliphatic heterocycles. The minimum absolute atomic E-state index is 0.00997. The van der Waals surface area contributed by atoms with E-state index < -0.39 is 29.7 Å². The molecule has 7 nitrogen and oxygen atoms in total. The lowest BCUT2D eigenvalue weighted by Gasteiger charge is -2.25. The maximum absolute atomic E-state index is 14.7. The van der Waals surface area contributed by atoms with Crippen LogP contribution in [0.3, 0.4) is 0 Å². The van der Waals surface area contributed by atoms with Crippen LogP contribution >= 0.6 is 0 Å². The standard InChI is InChI=1S/C33H45F4N3O4/c1-3-7-23-12-14-40(13-4-2)32(43)11-6-10-31(42)39-29(18-25-16-27(34)19-28(17-25)44-22-23)30(41)21-38-20-24-8-5-9-26(15-24)33(35,36)37/h5,8-9,15-17,19,23,29-30,38,41H,3-4,6-7,10-14,18,20-22H2,1-2H3,(H,39,42)/t23?,29-,30+/m0/s1. The summed E-state index contributed by atoms with van der Waals surface area (Å²) < 4.78 is 59.9. The van der Waals surface area contributed by atoms with Crippen molar-refractivity contribution in [2.24, 2.45) is 5.92 Å². The number of halogens is 4. The molecule has 1 unspecified atom stereocenters. The van der Waals surface area contributed by atoms with Crippen LogP contribution in [0.1, 0.15) is 75.5 Å². The van der Waals surface area contributed by atoms with Crippen molar-refractivity contribution in [2.75, 3.05) is 26.2 Å². The molecule has 0 saturated carbocycles. The number of nitrogens with zero attached hydrogens (tertiary/aromatic N) is 1. The first-order chi connectivity index (χ1) is 21.0. The highest BCUT2D eigenvalue weighted by molar-refractivity contribution is 5.79. The third-order valence-corrected chi connectivity index (χ3v) is 7.77. The van der Waals surface area contributed by atoms with E-state index in [4.69, 9.17) is 4.74 Å². The predicted molar refractivity (Wildman–Crippen MR) is 160 cm³/mol. The van der Waals surface area contributed by atoms with Crippen LogP contribution in [0.25, 0.3) is 0 Å². The lowest BCUT2D eigenvalue weighted by Crippen LogP contribution is -2.48. The minimum Gasteiger partial charge on any atom is -0.493 e. The zero-order chi connectivity index (χ0) is 32.1. The number of hydrogen-bond acceptors (Lipinski definition) is 5. The van der Waals surface area contributed by atoms with Crippen molar-refractivity contribution in [1.82, 2.24) is 15.5 Å². The Balaban J connectivity index is 1.77. The number of amides is 2. The van der Waals surface area contributed by atoms with Gasteiger partial charge in [0.15, 0.2) is 0 Å². The number of benzene rings is 2. The van der Waals surface area contributed by atoms with Crippen LogP contribution in [0.4, 0.5) is 17.6 Å². The molecule has 0 aromatic heterocycles. The molecule has 11 heteroatoms. The molecule has 1 heterocycles. The predicted octanol–water partition coefficient (Wildman–Crippen LogP) is 5.63. The normalized spacial score (nSPS) is 20.0. The molecular formula is C33H45F4N3O4. The zero-order valence-electron chi connectivity index (χ0n) is 25.6. The van der Waals surface area contributed by atoms with Gasteiger partial charge >= 0.3 is 6.18 Å². The van der Waals surface area contributed by atoms with Gasteiger partial charge in [0.25, 0.3) is 0 Å². The highest BCUT2D eigenvalue weighted by atomic mass is 19.4. The molecule has 0 saturated heterocycles. The quantitative estimate of drug-likeness (QED) is 0.315. The Kier molecular flexibility index (Phi) is 13.9. The van der Waals surface area contributed by atoms with E-state index in [1.54, 1.807) is 12.1 Å². The Morgan fingerprint density at radius 3 is 2.64 bits per heavy atom. The minimum atomic E-state index is -4.47. The maximum Gasteiger partial charge on any atom is 0.416 e. The first-order valence-electron chi connectivity index (χ1n) is 15.5. The second-order valence-electron chi connectivity index (χ2n) is 11.6. The van der Waals surface area contributed by atoms with Gasteiger partial charge in [0.1, 0.15) is 11.6 Å². The zero-order valence-corrected chi connectivity index (χ0v) is 25.6. The lowest BCUT2D eigenvalue weighted by atomic mass is 9.99. The van der Waals surface area contributed by atoms with Crippen LogP contribution < -0.4 is 15.4 Å². The third-order valence-electron chi connectivity index (χ3n) is 7.77. The van der Waals surface area contributed by atoms with E-state index in [-0.39, 0.29) is 50.1 Å². The van der Waals surface area contributed by atoms with Gasteiger partial charge in [0.05, 0.1) is 24.3 Å². The average molecular weight is 624 g/mol. The smallest absolute Gasteiger partial charge is 0.416 e. The number of aliphatic hydroxyl groups is 1. The number of hydrogen-bond donors (Lipinski definition) is 3. The van der Waals surface area contributed by atoms with Crippen molar-refractivity contribution in [3.8, 4) is 5.75 Å². The third kappa shape index (κ3) is 11.7. The van der Waals surface area contributed by atoms with E-state index in [9.17, 15) is 32.3 Å². The van der Waals surface area contributed by atoms with Crippen molar-refractivity contribution >= 4 is 11.8 Å². The van der Waals surface area contributed by atoms with Crippen molar-refractivity contribution in [3.05, 3.63) is 65.0 Å². The van der Waals surface area contributed by atoms with Gasteiger partial charge in [-0.3, -0.25) is 9.59 Å². The van der Waals surface area contributed by atoms with Crippen LogP contribution in [0.15, 0.2) is 42.5 Å². The number of ether oxygens (including phenoxy) is 1. The van der Waals surface area contributed by atoms with E-state index >= 15 is 0 Å². The number of fused-ring (bicyclic) bond motifs is 2. The van der Waals surface area contributed by atoms with Gasteiger partial charge in [0.2, 0.25) is 11.8 Å². The Bertz CT molecular complexity index is 1210.